The Balaban J connectivity index is 2.33. The molecule has 3 nitrogen and oxygen atoms in total. The Morgan fingerprint density at radius 3 is 2.68 bits per heavy atom. The first kappa shape index (κ1) is 12.7. The predicted molar refractivity (Wildman–Crippen MR) is 78.4 cm³/mol. The minimum absolute atomic E-state index is 0.687. The lowest BCUT2D eigenvalue weighted by atomic mass is 9.77. The molecule has 0 bridgehead atoms. The number of hydrogen-bond acceptors (Lipinski definition) is 1. The zero-order valence-electron chi connectivity index (χ0n) is 10.8. The average Bonchev–Trinajstić information content (AvgIpc) is 2.97. The Kier molecular flexibility index (Phi) is 2.93. The number of carboxylic acids is 1. The van der Waals surface area contributed by atoms with E-state index in [2.05, 4.69) is 15.9 Å². The number of benzene rings is 1. The molecule has 0 aliphatic heterocycles. The third-order valence-electron chi connectivity index (χ3n) is 4.35. The van der Waals surface area contributed by atoms with Gasteiger partial charge in [0.25, 0.3) is 0 Å². The van der Waals surface area contributed by atoms with E-state index in [1.807, 2.05) is 36.0 Å². The SMILES string of the molecule is Cn1cc(Br)c2c(C3(C(=O)O)CCCC3)cccc21. The number of carbonyl (C=O) groups is 1. The summed E-state index contributed by atoms with van der Waals surface area (Å²) in [4.78, 5) is 11.9. The Morgan fingerprint density at radius 2 is 2.05 bits per heavy atom. The number of aryl methyl sites for hydroxylation is 1. The Bertz CT molecular complexity index is 653. The van der Waals surface area contributed by atoms with Crippen LogP contribution in [0, 0.1) is 0 Å². The fourth-order valence-electron chi connectivity index (χ4n) is 3.36. The van der Waals surface area contributed by atoms with Gasteiger partial charge in [0, 0.05) is 28.6 Å². The number of hydrogen-bond donors (Lipinski definition) is 1. The van der Waals surface area contributed by atoms with Crippen molar-refractivity contribution in [1.29, 1.82) is 0 Å². The van der Waals surface area contributed by atoms with Gasteiger partial charge >= 0.3 is 5.97 Å². The molecule has 1 aliphatic carbocycles. The first-order valence-electron chi connectivity index (χ1n) is 6.54. The minimum Gasteiger partial charge on any atom is -0.481 e. The molecule has 0 atom stereocenters. The van der Waals surface area contributed by atoms with E-state index in [-0.39, 0.29) is 0 Å². The van der Waals surface area contributed by atoms with Crippen LogP contribution < -0.4 is 0 Å². The summed E-state index contributed by atoms with van der Waals surface area (Å²) in [5, 5.41) is 10.8. The van der Waals surface area contributed by atoms with Crippen molar-refractivity contribution < 1.29 is 9.90 Å². The maximum atomic E-state index is 11.9. The van der Waals surface area contributed by atoms with Gasteiger partial charge in [0.05, 0.1) is 5.41 Å². The maximum Gasteiger partial charge on any atom is 0.314 e. The molecular weight excluding hydrogens is 306 g/mol. The highest BCUT2D eigenvalue weighted by Gasteiger charge is 2.44. The molecule has 1 heterocycles. The summed E-state index contributed by atoms with van der Waals surface area (Å²) in [6.07, 6.45) is 5.46. The molecular formula is C15H16BrNO2. The monoisotopic (exact) mass is 321 g/mol. The summed E-state index contributed by atoms with van der Waals surface area (Å²) >= 11 is 3.58. The van der Waals surface area contributed by atoms with Gasteiger partial charge in [-0.15, -0.1) is 0 Å². The lowest BCUT2D eigenvalue weighted by Gasteiger charge is -2.25. The number of nitrogens with zero attached hydrogens (tertiary/aromatic N) is 1. The highest BCUT2D eigenvalue weighted by molar-refractivity contribution is 9.10. The van der Waals surface area contributed by atoms with E-state index in [1.165, 1.54) is 0 Å². The van der Waals surface area contributed by atoms with Gasteiger partial charge in [0.15, 0.2) is 0 Å². The topological polar surface area (TPSA) is 42.2 Å². The molecule has 0 spiro atoms. The molecule has 2 aromatic rings. The molecule has 1 N–H and O–H groups in total. The second kappa shape index (κ2) is 4.37. The van der Waals surface area contributed by atoms with E-state index >= 15 is 0 Å². The Morgan fingerprint density at radius 1 is 1.37 bits per heavy atom. The second-order valence-electron chi connectivity index (χ2n) is 5.38. The van der Waals surface area contributed by atoms with Crippen molar-refractivity contribution in [3.63, 3.8) is 0 Å². The maximum absolute atomic E-state index is 11.9. The molecule has 0 saturated heterocycles. The zero-order chi connectivity index (χ0) is 13.6. The van der Waals surface area contributed by atoms with E-state index < -0.39 is 11.4 Å². The first-order valence-corrected chi connectivity index (χ1v) is 7.33. The van der Waals surface area contributed by atoms with Gasteiger partial charge in [-0.2, -0.15) is 0 Å². The van der Waals surface area contributed by atoms with E-state index in [1.54, 1.807) is 0 Å². The summed E-state index contributed by atoms with van der Waals surface area (Å²) in [5.41, 5.74) is 1.34. The van der Waals surface area contributed by atoms with Crippen LogP contribution >= 0.6 is 15.9 Å². The molecule has 100 valence electrons. The highest BCUT2D eigenvalue weighted by Crippen LogP contribution is 2.45. The van der Waals surface area contributed by atoms with Crippen molar-refractivity contribution in [1.82, 2.24) is 4.57 Å². The number of halogens is 1. The quantitative estimate of drug-likeness (QED) is 0.913. The highest BCUT2D eigenvalue weighted by atomic mass is 79.9. The van der Waals surface area contributed by atoms with E-state index in [4.69, 9.17) is 0 Å². The summed E-state index contributed by atoms with van der Waals surface area (Å²) < 4.78 is 3.01. The summed E-state index contributed by atoms with van der Waals surface area (Å²) in [6, 6.07) is 5.98. The predicted octanol–water partition coefficient (Wildman–Crippen LogP) is 3.84. The molecule has 1 aromatic heterocycles. The van der Waals surface area contributed by atoms with Gasteiger partial charge in [0.1, 0.15) is 0 Å². The van der Waals surface area contributed by atoms with Crippen molar-refractivity contribution in [2.75, 3.05) is 0 Å². The Labute approximate surface area is 120 Å². The van der Waals surface area contributed by atoms with Crippen LogP contribution in [0.2, 0.25) is 0 Å². The van der Waals surface area contributed by atoms with Gasteiger partial charge < -0.3 is 9.67 Å². The third kappa shape index (κ3) is 1.73. The number of carboxylic acid groups (broad SMARTS) is 1. The number of aromatic nitrogens is 1. The van der Waals surface area contributed by atoms with Gasteiger partial charge in [-0.25, -0.2) is 0 Å². The fraction of sp³-hybridized carbons (Fsp3) is 0.400. The smallest absolute Gasteiger partial charge is 0.314 e. The summed E-state index contributed by atoms with van der Waals surface area (Å²) in [7, 11) is 1.99. The molecule has 0 amide bonds. The van der Waals surface area contributed by atoms with Crippen LogP contribution in [0.15, 0.2) is 28.9 Å². The summed E-state index contributed by atoms with van der Waals surface area (Å²) in [6.45, 7) is 0. The Hall–Kier alpha value is -1.29. The first-order chi connectivity index (χ1) is 9.06. The van der Waals surface area contributed by atoms with Crippen LogP contribution in [0.5, 0.6) is 0 Å². The zero-order valence-corrected chi connectivity index (χ0v) is 12.4. The van der Waals surface area contributed by atoms with Crippen LogP contribution in [0.1, 0.15) is 31.2 Å². The standard InChI is InChI=1S/C15H16BrNO2/c1-17-9-11(16)13-10(5-4-6-12(13)17)15(14(18)19)7-2-3-8-15/h4-6,9H,2-3,7-8H2,1H3,(H,18,19). The largest absolute Gasteiger partial charge is 0.481 e. The van der Waals surface area contributed by atoms with E-state index in [0.29, 0.717) is 0 Å². The molecule has 1 fully saturated rings. The number of aliphatic carboxylic acids is 1. The minimum atomic E-state index is -0.705. The molecule has 0 radical (unpaired) electrons. The second-order valence-corrected chi connectivity index (χ2v) is 6.24. The number of rotatable bonds is 2. The summed E-state index contributed by atoms with van der Waals surface area (Å²) in [5.74, 6) is -0.687. The number of fused-ring (bicyclic) bond motifs is 1. The lowest BCUT2D eigenvalue weighted by Crippen LogP contribution is -2.32. The normalized spacial score (nSPS) is 18.0. The van der Waals surface area contributed by atoms with Crippen LogP contribution in [-0.2, 0) is 17.3 Å². The van der Waals surface area contributed by atoms with Crippen molar-refractivity contribution in [2.24, 2.45) is 7.05 Å². The van der Waals surface area contributed by atoms with Crippen molar-refractivity contribution in [3.05, 3.63) is 34.4 Å². The van der Waals surface area contributed by atoms with Crippen molar-refractivity contribution in [3.8, 4) is 0 Å². The van der Waals surface area contributed by atoms with Gasteiger partial charge in [-0.1, -0.05) is 25.0 Å². The molecule has 4 heteroatoms. The van der Waals surface area contributed by atoms with Gasteiger partial charge in [-0.3, -0.25) is 4.79 Å². The van der Waals surface area contributed by atoms with Crippen LogP contribution in [0.4, 0.5) is 0 Å². The molecule has 3 rings (SSSR count). The van der Waals surface area contributed by atoms with E-state index in [0.717, 1.165) is 46.6 Å². The lowest BCUT2D eigenvalue weighted by molar-refractivity contribution is -0.143. The molecule has 1 aromatic carbocycles. The van der Waals surface area contributed by atoms with Crippen molar-refractivity contribution in [2.45, 2.75) is 31.1 Å². The molecule has 1 saturated carbocycles. The molecule has 1 aliphatic rings. The van der Waals surface area contributed by atoms with Gasteiger partial charge in [0.2, 0.25) is 0 Å². The van der Waals surface area contributed by atoms with Crippen LogP contribution in [-0.4, -0.2) is 15.6 Å². The van der Waals surface area contributed by atoms with Crippen LogP contribution in [0.3, 0.4) is 0 Å². The van der Waals surface area contributed by atoms with Gasteiger partial charge in [-0.05, 0) is 40.4 Å². The van der Waals surface area contributed by atoms with Crippen LogP contribution in [0.25, 0.3) is 10.9 Å². The fourth-order valence-corrected chi connectivity index (χ4v) is 4.09. The average molecular weight is 322 g/mol. The third-order valence-corrected chi connectivity index (χ3v) is 4.95. The molecule has 0 unspecified atom stereocenters. The van der Waals surface area contributed by atoms with Crippen molar-refractivity contribution >= 4 is 32.8 Å². The van der Waals surface area contributed by atoms with E-state index in [9.17, 15) is 9.90 Å². The molecule has 19 heavy (non-hydrogen) atoms.